The van der Waals surface area contributed by atoms with Crippen LogP contribution in [-0.4, -0.2) is 46.2 Å². The second kappa shape index (κ2) is 9.03. The number of para-hydroxylation sites is 1. The van der Waals surface area contributed by atoms with Gasteiger partial charge < -0.3 is 15.0 Å². The summed E-state index contributed by atoms with van der Waals surface area (Å²) in [6, 6.07) is 8.49. The lowest BCUT2D eigenvalue weighted by Gasteiger charge is -2.26. The molecule has 2 amide bonds. The van der Waals surface area contributed by atoms with Crippen molar-refractivity contribution in [3.63, 3.8) is 0 Å². The fraction of sp³-hybridized carbons (Fsp3) is 0.421. The van der Waals surface area contributed by atoms with Gasteiger partial charge in [-0.1, -0.05) is 32.0 Å². The second-order valence-electron chi connectivity index (χ2n) is 6.61. The third-order valence-corrected chi connectivity index (χ3v) is 3.92. The van der Waals surface area contributed by atoms with Gasteiger partial charge in [-0.15, -0.1) is 0 Å². The zero-order valence-electron chi connectivity index (χ0n) is 15.7. The Morgan fingerprint density at radius 2 is 1.96 bits per heavy atom. The minimum Gasteiger partial charge on any atom is -0.484 e. The van der Waals surface area contributed by atoms with Gasteiger partial charge in [-0.05, 0) is 18.1 Å². The van der Waals surface area contributed by atoms with E-state index in [1.165, 1.54) is 0 Å². The Bertz CT molecular complexity index is 727. The molecule has 7 nitrogen and oxygen atoms in total. The number of nitrogens with zero attached hydrogens (tertiary/aromatic N) is 3. The molecule has 140 valence electrons. The zero-order chi connectivity index (χ0) is 19.1. The highest BCUT2D eigenvalue weighted by molar-refractivity contribution is 5.88. The Balaban J connectivity index is 1.91. The molecule has 2 aromatic rings. The minimum absolute atomic E-state index is 0.0421. The fourth-order valence-electron chi connectivity index (χ4n) is 2.54. The summed E-state index contributed by atoms with van der Waals surface area (Å²) in [5.41, 5.74) is 0.935. The standard InChI is InChI=1S/C19H26N4O3/c1-14(2)18(19(25)22(3)11-15-10-20-23(4)12-15)21-17(24)13-26-16-8-6-5-7-9-16/h5-10,12,14,18H,11,13H2,1-4H3,(H,21,24)/t18-/m0/s1. The van der Waals surface area contributed by atoms with Gasteiger partial charge in [-0.2, -0.15) is 5.10 Å². The summed E-state index contributed by atoms with van der Waals surface area (Å²) in [7, 11) is 3.55. The van der Waals surface area contributed by atoms with E-state index >= 15 is 0 Å². The Kier molecular flexibility index (Phi) is 6.77. The third-order valence-electron chi connectivity index (χ3n) is 3.92. The first-order valence-electron chi connectivity index (χ1n) is 8.56. The van der Waals surface area contributed by atoms with E-state index in [4.69, 9.17) is 4.74 Å². The highest BCUT2D eigenvalue weighted by Crippen LogP contribution is 2.10. The van der Waals surface area contributed by atoms with Gasteiger partial charge in [0.05, 0.1) is 6.20 Å². The average Bonchev–Trinajstić information content (AvgIpc) is 3.02. The van der Waals surface area contributed by atoms with Gasteiger partial charge in [0, 0.05) is 32.4 Å². The van der Waals surface area contributed by atoms with E-state index in [0.717, 1.165) is 5.56 Å². The van der Waals surface area contributed by atoms with Crippen LogP contribution in [0.2, 0.25) is 0 Å². The summed E-state index contributed by atoms with van der Waals surface area (Å²) in [5, 5.41) is 6.89. The van der Waals surface area contributed by atoms with Crippen LogP contribution in [-0.2, 0) is 23.2 Å². The summed E-state index contributed by atoms with van der Waals surface area (Å²) < 4.78 is 7.13. The van der Waals surface area contributed by atoms with Crippen molar-refractivity contribution >= 4 is 11.8 Å². The summed E-state index contributed by atoms with van der Waals surface area (Å²) >= 11 is 0. The van der Waals surface area contributed by atoms with Crippen molar-refractivity contribution in [3.05, 3.63) is 48.3 Å². The number of nitrogens with one attached hydrogen (secondary N) is 1. The summed E-state index contributed by atoms with van der Waals surface area (Å²) in [5.74, 6) is 0.107. The van der Waals surface area contributed by atoms with E-state index in [-0.39, 0.29) is 24.3 Å². The number of aryl methyl sites for hydroxylation is 1. The molecule has 1 atom stereocenters. The fourth-order valence-corrected chi connectivity index (χ4v) is 2.54. The van der Waals surface area contributed by atoms with E-state index in [1.807, 2.05) is 45.3 Å². The van der Waals surface area contributed by atoms with E-state index < -0.39 is 6.04 Å². The SMILES string of the molecule is CC(C)[C@H](NC(=O)COc1ccccc1)C(=O)N(C)Cc1cnn(C)c1. The zero-order valence-corrected chi connectivity index (χ0v) is 15.7. The lowest BCUT2D eigenvalue weighted by molar-refractivity contribution is -0.137. The van der Waals surface area contributed by atoms with Crippen molar-refractivity contribution < 1.29 is 14.3 Å². The number of carbonyl (C=O) groups is 2. The van der Waals surface area contributed by atoms with Crippen molar-refractivity contribution in [2.24, 2.45) is 13.0 Å². The van der Waals surface area contributed by atoms with Crippen LogP contribution >= 0.6 is 0 Å². The molecular formula is C19H26N4O3. The lowest BCUT2D eigenvalue weighted by atomic mass is 10.0. The molecule has 1 heterocycles. The van der Waals surface area contributed by atoms with Crippen LogP contribution in [0, 0.1) is 5.92 Å². The Labute approximate surface area is 153 Å². The molecule has 0 bridgehead atoms. The maximum absolute atomic E-state index is 12.7. The maximum atomic E-state index is 12.7. The minimum atomic E-state index is -0.608. The van der Waals surface area contributed by atoms with Crippen molar-refractivity contribution in [1.82, 2.24) is 20.0 Å². The third kappa shape index (κ3) is 5.61. The normalized spacial score (nSPS) is 11.9. The van der Waals surface area contributed by atoms with E-state index in [0.29, 0.717) is 12.3 Å². The van der Waals surface area contributed by atoms with E-state index in [9.17, 15) is 9.59 Å². The number of benzene rings is 1. The Morgan fingerprint density at radius 1 is 1.27 bits per heavy atom. The summed E-state index contributed by atoms with van der Waals surface area (Å²) in [6.45, 7) is 4.11. The molecule has 1 aromatic heterocycles. The molecule has 0 unspecified atom stereocenters. The first-order valence-corrected chi connectivity index (χ1v) is 8.56. The van der Waals surface area contributed by atoms with Crippen molar-refractivity contribution in [1.29, 1.82) is 0 Å². The molecule has 0 fully saturated rings. The number of aromatic nitrogens is 2. The van der Waals surface area contributed by atoms with Crippen LogP contribution in [0.5, 0.6) is 5.75 Å². The molecule has 1 N–H and O–H groups in total. The first-order chi connectivity index (χ1) is 12.4. The number of ether oxygens (including phenoxy) is 1. The maximum Gasteiger partial charge on any atom is 0.258 e. The predicted octanol–water partition coefficient (Wildman–Crippen LogP) is 1.60. The predicted molar refractivity (Wildman–Crippen MR) is 98.4 cm³/mol. The Morgan fingerprint density at radius 3 is 2.54 bits per heavy atom. The summed E-state index contributed by atoms with van der Waals surface area (Å²) in [4.78, 5) is 26.5. The molecule has 0 aliphatic rings. The number of likely N-dealkylation sites (N-methyl/N-ethyl adjacent to an activating group) is 1. The van der Waals surface area contributed by atoms with Crippen LogP contribution in [0.3, 0.4) is 0 Å². The molecular weight excluding hydrogens is 332 g/mol. The molecule has 0 saturated heterocycles. The molecule has 0 aliphatic heterocycles. The first kappa shape index (κ1) is 19.5. The average molecular weight is 358 g/mol. The van der Waals surface area contributed by atoms with Crippen LogP contribution in [0.1, 0.15) is 19.4 Å². The van der Waals surface area contributed by atoms with Crippen molar-refractivity contribution in [3.8, 4) is 5.75 Å². The number of amides is 2. The van der Waals surface area contributed by atoms with Gasteiger partial charge in [0.15, 0.2) is 6.61 Å². The molecule has 0 aliphatic carbocycles. The van der Waals surface area contributed by atoms with Gasteiger partial charge in [-0.3, -0.25) is 14.3 Å². The van der Waals surface area contributed by atoms with Gasteiger partial charge in [0.1, 0.15) is 11.8 Å². The van der Waals surface area contributed by atoms with Crippen LogP contribution in [0.15, 0.2) is 42.7 Å². The smallest absolute Gasteiger partial charge is 0.258 e. The van der Waals surface area contributed by atoms with Gasteiger partial charge in [0.25, 0.3) is 5.91 Å². The molecule has 0 saturated carbocycles. The highest BCUT2D eigenvalue weighted by atomic mass is 16.5. The van der Waals surface area contributed by atoms with Crippen molar-refractivity contribution in [2.45, 2.75) is 26.4 Å². The number of hydrogen-bond donors (Lipinski definition) is 1. The quantitative estimate of drug-likeness (QED) is 0.778. The van der Waals surface area contributed by atoms with Crippen LogP contribution < -0.4 is 10.1 Å². The molecule has 1 aromatic carbocycles. The van der Waals surface area contributed by atoms with Gasteiger partial charge in [-0.25, -0.2) is 0 Å². The molecule has 26 heavy (non-hydrogen) atoms. The molecule has 2 rings (SSSR count). The number of rotatable bonds is 8. The molecule has 7 heteroatoms. The van der Waals surface area contributed by atoms with Crippen molar-refractivity contribution in [2.75, 3.05) is 13.7 Å². The summed E-state index contributed by atoms with van der Waals surface area (Å²) in [6.07, 6.45) is 3.58. The molecule has 0 spiro atoms. The monoisotopic (exact) mass is 358 g/mol. The van der Waals surface area contributed by atoms with Gasteiger partial charge >= 0.3 is 0 Å². The second-order valence-corrected chi connectivity index (χ2v) is 6.61. The lowest BCUT2D eigenvalue weighted by Crippen LogP contribution is -2.51. The Hall–Kier alpha value is -2.83. The van der Waals surface area contributed by atoms with E-state index in [2.05, 4.69) is 10.4 Å². The topological polar surface area (TPSA) is 76.5 Å². The van der Waals surface area contributed by atoms with E-state index in [1.54, 1.807) is 35.0 Å². The number of carbonyl (C=O) groups excluding carboxylic acids is 2. The largest absolute Gasteiger partial charge is 0.484 e. The number of hydrogen-bond acceptors (Lipinski definition) is 4. The van der Waals surface area contributed by atoms with Crippen LogP contribution in [0.4, 0.5) is 0 Å². The highest BCUT2D eigenvalue weighted by Gasteiger charge is 2.27. The van der Waals surface area contributed by atoms with Gasteiger partial charge in [0.2, 0.25) is 5.91 Å². The molecule has 0 radical (unpaired) electrons. The van der Waals surface area contributed by atoms with Crippen LogP contribution in [0.25, 0.3) is 0 Å².